The van der Waals surface area contributed by atoms with Crippen molar-refractivity contribution in [2.45, 2.75) is 50.1 Å². The molecule has 0 aromatic heterocycles. The second kappa shape index (κ2) is 7.54. The molecule has 0 aliphatic heterocycles. The van der Waals surface area contributed by atoms with Gasteiger partial charge in [-0.05, 0) is 31.7 Å². The quantitative estimate of drug-likeness (QED) is 0.732. The largest absolute Gasteiger partial charge is 0.430 e. The molecule has 1 saturated carbocycles. The normalized spacial score (nSPS) is 22.5. The number of carbonyl (C=O) groups excluding carboxylic acids is 2. The molecule has 1 aromatic carbocycles. The predicted octanol–water partition coefficient (Wildman–Crippen LogP) is 4.72. The van der Waals surface area contributed by atoms with Gasteiger partial charge in [-0.2, -0.15) is 0 Å². The number of carbonyl (C=O) groups is 2. The molecule has 1 fully saturated rings. The molecule has 1 aliphatic carbocycles. The van der Waals surface area contributed by atoms with Gasteiger partial charge in [0.05, 0.1) is 0 Å². The molecule has 0 bridgehead atoms. The summed E-state index contributed by atoms with van der Waals surface area (Å²) in [4.78, 5) is 26.7. The first-order valence-electron chi connectivity index (χ1n) is 7.80. The molecule has 1 amide bonds. The molecule has 0 heterocycles. The minimum Gasteiger partial charge on any atom is -0.430 e. The highest BCUT2D eigenvalue weighted by Crippen LogP contribution is 2.42. The number of ketones is 1. The van der Waals surface area contributed by atoms with Gasteiger partial charge >= 0.3 is 6.09 Å². The number of Topliss-reactive ketones (excluding diaryl/α,β-unsaturated/α-hetero) is 1. The van der Waals surface area contributed by atoms with E-state index < -0.39 is 17.2 Å². The van der Waals surface area contributed by atoms with E-state index in [4.69, 9.17) is 27.9 Å². The summed E-state index contributed by atoms with van der Waals surface area (Å²) in [5, 5.41) is 0.473. The van der Waals surface area contributed by atoms with E-state index in [2.05, 4.69) is 0 Å². The lowest BCUT2D eigenvalue weighted by Gasteiger charge is -2.43. The molecule has 4 nitrogen and oxygen atoms in total. The van der Waals surface area contributed by atoms with Gasteiger partial charge in [0.25, 0.3) is 0 Å². The number of halogens is 2. The number of ether oxygens (including phenoxy) is 1. The van der Waals surface area contributed by atoms with E-state index in [0.717, 1.165) is 12.8 Å². The fraction of sp³-hybridized carbons (Fsp3) is 0.529. The summed E-state index contributed by atoms with van der Waals surface area (Å²) in [5.74, 6) is -0.0149. The number of hydrogen-bond acceptors (Lipinski definition) is 3. The lowest BCUT2D eigenvalue weighted by atomic mass is 9.74. The summed E-state index contributed by atoms with van der Waals surface area (Å²) in [6.45, 7) is 1.82. The van der Waals surface area contributed by atoms with Crippen molar-refractivity contribution in [3.63, 3.8) is 0 Å². The van der Waals surface area contributed by atoms with Crippen LogP contribution in [0, 0.1) is 0 Å². The minimum atomic E-state index is -1.09. The molecular weight excluding hydrogens is 337 g/mol. The Hall–Kier alpha value is -1.26. The zero-order valence-corrected chi connectivity index (χ0v) is 14.9. The van der Waals surface area contributed by atoms with Gasteiger partial charge in [0, 0.05) is 24.1 Å². The van der Waals surface area contributed by atoms with Crippen LogP contribution in [-0.2, 0) is 15.1 Å². The number of hydrogen-bond donors (Lipinski definition) is 0. The van der Waals surface area contributed by atoms with E-state index in [1.807, 2.05) is 13.0 Å². The van der Waals surface area contributed by atoms with Crippen molar-refractivity contribution in [1.29, 1.82) is 0 Å². The van der Waals surface area contributed by atoms with Gasteiger partial charge < -0.3 is 4.74 Å². The SMILES string of the molecule is CCC(Cl)OC(=O)N(C)[C@]1(c2ccccc2Cl)CCCCC1=O. The Balaban J connectivity index is 2.44. The smallest absolute Gasteiger partial charge is 0.412 e. The second-order valence-electron chi connectivity index (χ2n) is 5.73. The summed E-state index contributed by atoms with van der Waals surface area (Å²) in [6, 6.07) is 7.15. The fourth-order valence-electron chi connectivity index (χ4n) is 3.06. The number of benzene rings is 1. The molecule has 23 heavy (non-hydrogen) atoms. The van der Waals surface area contributed by atoms with Crippen LogP contribution in [-0.4, -0.2) is 29.4 Å². The Morgan fingerprint density at radius 3 is 2.70 bits per heavy atom. The number of likely N-dealkylation sites (N-methyl/N-ethyl adjacent to an activating group) is 1. The Kier molecular flexibility index (Phi) is 5.93. The highest BCUT2D eigenvalue weighted by molar-refractivity contribution is 6.31. The Bertz CT molecular complexity index is 593. The van der Waals surface area contributed by atoms with Gasteiger partial charge in [0.1, 0.15) is 5.54 Å². The molecule has 1 unspecified atom stereocenters. The van der Waals surface area contributed by atoms with Gasteiger partial charge in [-0.25, -0.2) is 4.79 Å². The van der Waals surface area contributed by atoms with E-state index in [1.54, 1.807) is 25.2 Å². The van der Waals surface area contributed by atoms with Gasteiger partial charge in [-0.1, -0.05) is 48.3 Å². The van der Waals surface area contributed by atoms with Crippen molar-refractivity contribution in [2.24, 2.45) is 0 Å². The molecular formula is C17H21Cl2NO3. The summed E-state index contributed by atoms with van der Waals surface area (Å²) in [5.41, 5.74) is -1.15. The molecule has 0 saturated heterocycles. The maximum atomic E-state index is 12.8. The van der Waals surface area contributed by atoms with Crippen LogP contribution in [0.15, 0.2) is 24.3 Å². The average Bonchev–Trinajstić information content (AvgIpc) is 2.55. The molecule has 1 aromatic rings. The van der Waals surface area contributed by atoms with Crippen molar-refractivity contribution < 1.29 is 14.3 Å². The lowest BCUT2D eigenvalue weighted by Crippen LogP contribution is -2.54. The maximum absolute atomic E-state index is 12.8. The van der Waals surface area contributed by atoms with Crippen LogP contribution in [0.3, 0.4) is 0 Å². The van der Waals surface area contributed by atoms with Crippen LogP contribution in [0.25, 0.3) is 0 Å². The Labute approximate surface area is 146 Å². The van der Waals surface area contributed by atoms with Crippen molar-refractivity contribution in [2.75, 3.05) is 7.05 Å². The van der Waals surface area contributed by atoms with Gasteiger partial charge in [0.2, 0.25) is 0 Å². The van der Waals surface area contributed by atoms with E-state index in [0.29, 0.717) is 29.8 Å². The molecule has 0 N–H and O–H groups in total. The molecule has 2 rings (SSSR count). The van der Waals surface area contributed by atoms with Gasteiger partial charge in [-0.3, -0.25) is 9.69 Å². The van der Waals surface area contributed by atoms with Crippen LogP contribution in [0.2, 0.25) is 5.02 Å². The summed E-state index contributed by atoms with van der Waals surface area (Å²) in [6.07, 6.45) is 2.49. The van der Waals surface area contributed by atoms with Crippen molar-refractivity contribution in [1.82, 2.24) is 4.90 Å². The molecule has 126 valence electrons. The highest BCUT2D eigenvalue weighted by atomic mass is 35.5. The third-order valence-corrected chi connectivity index (χ3v) is 5.10. The van der Waals surface area contributed by atoms with E-state index in [9.17, 15) is 9.59 Å². The number of amides is 1. The van der Waals surface area contributed by atoms with Gasteiger partial charge in [-0.15, -0.1) is 0 Å². The predicted molar refractivity (Wildman–Crippen MR) is 90.8 cm³/mol. The van der Waals surface area contributed by atoms with Crippen LogP contribution in [0.5, 0.6) is 0 Å². The monoisotopic (exact) mass is 357 g/mol. The van der Waals surface area contributed by atoms with Crippen molar-refractivity contribution >= 4 is 35.1 Å². The Morgan fingerprint density at radius 2 is 2.09 bits per heavy atom. The van der Waals surface area contributed by atoms with Crippen LogP contribution in [0.1, 0.15) is 44.6 Å². The first kappa shape index (κ1) is 18.1. The van der Waals surface area contributed by atoms with Crippen LogP contribution >= 0.6 is 23.2 Å². The zero-order valence-electron chi connectivity index (χ0n) is 13.4. The lowest BCUT2D eigenvalue weighted by molar-refractivity contribution is -0.133. The summed E-state index contributed by atoms with van der Waals surface area (Å²) < 4.78 is 5.21. The maximum Gasteiger partial charge on any atom is 0.412 e. The van der Waals surface area contributed by atoms with Gasteiger partial charge in [0.15, 0.2) is 11.3 Å². The second-order valence-corrected chi connectivity index (χ2v) is 6.63. The van der Waals surface area contributed by atoms with Crippen molar-refractivity contribution in [3.8, 4) is 0 Å². The molecule has 1 aliphatic rings. The first-order valence-corrected chi connectivity index (χ1v) is 8.61. The van der Waals surface area contributed by atoms with Crippen molar-refractivity contribution in [3.05, 3.63) is 34.9 Å². The minimum absolute atomic E-state index is 0.0149. The number of rotatable bonds is 4. The van der Waals surface area contributed by atoms with E-state index in [1.165, 1.54) is 4.90 Å². The van der Waals surface area contributed by atoms with E-state index >= 15 is 0 Å². The standard InChI is InChI=1S/C17H21Cl2NO3/c1-3-15(19)23-16(22)20(2)17(11-7-6-10-14(17)21)12-8-4-5-9-13(12)18/h4-5,8-9,15H,3,6-7,10-11H2,1-2H3/t15?,17-/m0/s1. The fourth-order valence-corrected chi connectivity index (χ4v) is 3.43. The van der Waals surface area contributed by atoms with Crippen LogP contribution < -0.4 is 0 Å². The average molecular weight is 358 g/mol. The van der Waals surface area contributed by atoms with Crippen LogP contribution in [0.4, 0.5) is 4.79 Å². The topological polar surface area (TPSA) is 46.6 Å². The molecule has 0 radical (unpaired) electrons. The molecule has 6 heteroatoms. The zero-order chi connectivity index (χ0) is 17.0. The first-order chi connectivity index (χ1) is 10.9. The third-order valence-electron chi connectivity index (χ3n) is 4.37. The summed E-state index contributed by atoms with van der Waals surface area (Å²) in [7, 11) is 1.58. The number of alkyl halides is 1. The third kappa shape index (κ3) is 3.48. The molecule has 2 atom stereocenters. The Morgan fingerprint density at radius 1 is 1.39 bits per heavy atom. The number of nitrogens with zero attached hydrogens (tertiary/aromatic N) is 1. The molecule has 0 spiro atoms. The summed E-state index contributed by atoms with van der Waals surface area (Å²) >= 11 is 12.3. The van der Waals surface area contributed by atoms with E-state index in [-0.39, 0.29) is 5.78 Å². The highest BCUT2D eigenvalue weighted by Gasteiger charge is 2.48.